The minimum Gasteiger partial charge on any atom is -0.147 e. The van der Waals surface area contributed by atoms with Gasteiger partial charge in [-0.1, -0.05) is 38.9 Å². The summed E-state index contributed by atoms with van der Waals surface area (Å²) in [5, 5.41) is 9.31. The lowest BCUT2D eigenvalue weighted by molar-refractivity contribution is 1.09. The molecule has 0 bridgehead atoms. The van der Waals surface area contributed by atoms with E-state index in [9.17, 15) is 0 Å². The Kier molecular flexibility index (Phi) is 2.62. The third-order valence-corrected chi connectivity index (χ3v) is 3.17. The van der Waals surface area contributed by atoms with Gasteiger partial charge in [0.1, 0.15) is 10.5 Å². The molecule has 0 radical (unpaired) electrons. The van der Waals surface area contributed by atoms with Crippen LogP contribution in [0.25, 0.3) is 10.6 Å². The van der Waals surface area contributed by atoms with Crippen molar-refractivity contribution in [2.75, 3.05) is 0 Å². The predicted molar refractivity (Wildman–Crippen MR) is 58.1 cm³/mol. The fourth-order valence-corrected chi connectivity index (χ4v) is 2.27. The minimum absolute atomic E-state index is 0.702. The van der Waals surface area contributed by atoms with E-state index < -0.39 is 0 Å². The van der Waals surface area contributed by atoms with Gasteiger partial charge in [0.15, 0.2) is 0 Å². The maximum atomic E-state index is 5.87. The SMILES string of the molecule is Clc1ccc(Br)c(-c2nncs2)c1. The van der Waals surface area contributed by atoms with Crippen molar-refractivity contribution < 1.29 is 0 Å². The normalized spacial score (nSPS) is 10.3. The van der Waals surface area contributed by atoms with Crippen molar-refractivity contribution in [3.63, 3.8) is 0 Å². The van der Waals surface area contributed by atoms with Crippen molar-refractivity contribution in [3.05, 3.63) is 33.2 Å². The van der Waals surface area contributed by atoms with Gasteiger partial charge in [0.25, 0.3) is 0 Å². The van der Waals surface area contributed by atoms with E-state index in [-0.39, 0.29) is 0 Å². The summed E-state index contributed by atoms with van der Waals surface area (Å²) in [6.45, 7) is 0. The molecule has 0 aliphatic carbocycles. The molecule has 5 heteroatoms. The van der Waals surface area contributed by atoms with Gasteiger partial charge in [0.05, 0.1) is 0 Å². The number of rotatable bonds is 1. The number of aromatic nitrogens is 2. The van der Waals surface area contributed by atoms with Crippen LogP contribution in [-0.4, -0.2) is 10.2 Å². The van der Waals surface area contributed by atoms with Crippen LogP contribution in [-0.2, 0) is 0 Å². The highest BCUT2D eigenvalue weighted by molar-refractivity contribution is 9.10. The third kappa shape index (κ3) is 1.90. The molecule has 2 aromatic rings. The van der Waals surface area contributed by atoms with Gasteiger partial charge in [-0.25, -0.2) is 0 Å². The van der Waals surface area contributed by atoms with E-state index in [1.54, 1.807) is 5.51 Å². The Morgan fingerprint density at radius 2 is 2.23 bits per heavy atom. The van der Waals surface area contributed by atoms with E-state index >= 15 is 0 Å². The van der Waals surface area contributed by atoms with Gasteiger partial charge in [-0.05, 0) is 18.2 Å². The number of nitrogens with zero attached hydrogens (tertiary/aromatic N) is 2. The maximum Gasteiger partial charge on any atom is 0.148 e. The Morgan fingerprint density at radius 3 is 2.92 bits per heavy atom. The highest BCUT2D eigenvalue weighted by Gasteiger charge is 2.06. The molecule has 66 valence electrons. The van der Waals surface area contributed by atoms with Crippen molar-refractivity contribution in [3.8, 4) is 10.6 Å². The summed E-state index contributed by atoms with van der Waals surface area (Å²) in [5.74, 6) is 0. The average molecular weight is 276 g/mol. The zero-order valence-electron chi connectivity index (χ0n) is 6.37. The van der Waals surface area contributed by atoms with Crippen LogP contribution in [0.3, 0.4) is 0 Å². The summed E-state index contributed by atoms with van der Waals surface area (Å²) in [7, 11) is 0. The molecule has 0 aliphatic heterocycles. The zero-order valence-corrected chi connectivity index (χ0v) is 9.53. The molecule has 0 saturated carbocycles. The van der Waals surface area contributed by atoms with Crippen LogP contribution in [0.1, 0.15) is 0 Å². The van der Waals surface area contributed by atoms with Gasteiger partial charge < -0.3 is 0 Å². The Bertz CT molecular complexity index is 416. The first-order valence-corrected chi connectivity index (χ1v) is 5.54. The van der Waals surface area contributed by atoms with Gasteiger partial charge in [-0.2, -0.15) is 0 Å². The fraction of sp³-hybridized carbons (Fsp3) is 0. The summed E-state index contributed by atoms with van der Waals surface area (Å²) in [5.41, 5.74) is 2.68. The van der Waals surface area contributed by atoms with Crippen LogP contribution in [0, 0.1) is 0 Å². The second-order valence-corrected chi connectivity index (χ2v) is 4.49. The average Bonchev–Trinajstić information content (AvgIpc) is 2.61. The van der Waals surface area contributed by atoms with Gasteiger partial charge in [0.2, 0.25) is 0 Å². The number of hydrogen-bond donors (Lipinski definition) is 0. The van der Waals surface area contributed by atoms with Crippen molar-refractivity contribution >= 4 is 38.9 Å². The van der Waals surface area contributed by atoms with Crippen molar-refractivity contribution in [2.45, 2.75) is 0 Å². The Morgan fingerprint density at radius 1 is 1.38 bits per heavy atom. The molecule has 0 atom stereocenters. The molecular formula is C8H4BrClN2S. The van der Waals surface area contributed by atoms with E-state index in [4.69, 9.17) is 11.6 Å². The van der Waals surface area contributed by atoms with E-state index in [1.807, 2.05) is 18.2 Å². The number of benzene rings is 1. The van der Waals surface area contributed by atoms with Crippen molar-refractivity contribution in [1.29, 1.82) is 0 Å². The largest absolute Gasteiger partial charge is 0.148 e. The first-order chi connectivity index (χ1) is 6.27. The molecule has 0 spiro atoms. The molecule has 1 heterocycles. The smallest absolute Gasteiger partial charge is 0.147 e. The van der Waals surface area contributed by atoms with Crippen LogP contribution in [0.4, 0.5) is 0 Å². The fourth-order valence-electron chi connectivity index (χ4n) is 0.952. The summed E-state index contributed by atoms with van der Waals surface area (Å²) >= 11 is 10.8. The van der Waals surface area contributed by atoms with Crippen LogP contribution in [0.5, 0.6) is 0 Å². The van der Waals surface area contributed by atoms with Gasteiger partial charge >= 0.3 is 0 Å². The molecule has 1 aromatic carbocycles. The van der Waals surface area contributed by atoms with Gasteiger partial charge in [-0.15, -0.1) is 10.2 Å². The lowest BCUT2D eigenvalue weighted by Crippen LogP contribution is -1.79. The Labute approximate surface area is 92.7 Å². The monoisotopic (exact) mass is 274 g/mol. The summed E-state index contributed by atoms with van der Waals surface area (Å²) in [6.07, 6.45) is 0. The Hall–Kier alpha value is -0.450. The first kappa shape index (κ1) is 9.12. The minimum atomic E-state index is 0.702. The molecule has 1 aromatic heterocycles. The summed E-state index contributed by atoms with van der Waals surface area (Å²) in [4.78, 5) is 0. The second kappa shape index (κ2) is 3.74. The second-order valence-electron chi connectivity index (χ2n) is 2.37. The molecule has 2 rings (SSSR count). The van der Waals surface area contributed by atoms with Crippen LogP contribution >= 0.6 is 38.9 Å². The first-order valence-electron chi connectivity index (χ1n) is 3.49. The molecule has 0 saturated heterocycles. The third-order valence-electron chi connectivity index (χ3n) is 1.52. The van der Waals surface area contributed by atoms with Crippen LogP contribution in [0.15, 0.2) is 28.2 Å². The van der Waals surface area contributed by atoms with E-state index in [2.05, 4.69) is 26.1 Å². The predicted octanol–water partition coefficient (Wildman–Crippen LogP) is 3.62. The molecule has 13 heavy (non-hydrogen) atoms. The number of halogens is 2. The molecule has 0 amide bonds. The standard InChI is InChI=1S/C8H4BrClN2S/c9-7-2-1-5(10)3-6(7)8-12-11-4-13-8/h1-4H. The highest BCUT2D eigenvalue weighted by Crippen LogP contribution is 2.31. The molecule has 2 nitrogen and oxygen atoms in total. The van der Waals surface area contributed by atoms with Gasteiger partial charge in [-0.3, -0.25) is 0 Å². The lowest BCUT2D eigenvalue weighted by Gasteiger charge is -1.99. The van der Waals surface area contributed by atoms with Crippen LogP contribution in [0.2, 0.25) is 5.02 Å². The van der Waals surface area contributed by atoms with Crippen LogP contribution < -0.4 is 0 Å². The van der Waals surface area contributed by atoms with Gasteiger partial charge in [0, 0.05) is 15.1 Å². The quantitative estimate of drug-likeness (QED) is 0.794. The lowest BCUT2D eigenvalue weighted by atomic mass is 10.2. The zero-order chi connectivity index (χ0) is 9.26. The molecule has 0 N–H and O–H groups in total. The van der Waals surface area contributed by atoms with E-state index in [0.717, 1.165) is 15.0 Å². The maximum absolute atomic E-state index is 5.87. The summed E-state index contributed by atoms with van der Waals surface area (Å²) in [6, 6.07) is 5.60. The molecule has 0 unspecified atom stereocenters. The number of hydrogen-bond acceptors (Lipinski definition) is 3. The van der Waals surface area contributed by atoms with Crippen molar-refractivity contribution in [1.82, 2.24) is 10.2 Å². The van der Waals surface area contributed by atoms with Crippen molar-refractivity contribution in [2.24, 2.45) is 0 Å². The van der Waals surface area contributed by atoms with E-state index in [1.165, 1.54) is 11.3 Å². The van der Waals surface area contributed by atoms with E-state index in [0.29, 0.717) is 5.02 Å². The summed E-state index contributed by atoms with van der Waals surface area (Å²) < 4.78 is 0.980. The molecule has 0 aliphatic rings. The Balaban J connectivity index is 2.57. The topological polar surface area (TPSA) is 25.8 Å². The molecular weight excluding hydrogens is 272 g/mol. The highest BCUT2D eigenvalue weighted by atomic mass is 79.9. The molecule has 0 fully saturated rings.